The van der Waals surface area contributed by atoms with Crippen molar-refractivity contribution in [2.24, 2.45) is 0 Å². The van der Waals surface area contributed by atoms with Gasteiger partial charge in [-0.05, 0) is 53.9 Å². The number of benzene rings is 4. The fourth-order valence-corrected chi connectivity index (χ4v) is 5.03. The van der Waals surface area contributed by atoms with Crippen LogP contribution in [0.1, 0.15) is 5.56 Å². The van der Waals surface area contributed by atoms with E-state index in [2.05, 4.69) is 22.1 Å². The van der Waals surface area contributed by atoms with Gasteiger partial charge in [0, 0.05) is 49.4 Å². The number of imidazole rings is 1. The van der Waals surface area contributed by atoms with E-state index in [1.807, 2.05) is 121 Å². The van der Waals surface area contributed by atoms with E-state index in [0.29, 0.717) is 27.9 Å². The van der Waals surface area contributed by atoms with Gasteiger partial charge in [-0.2, -0.15) is 0 Å². The van der Waals surface area contributed by atoms with Crippen molar-refractivity contribution >= 4 is 33.1 Å². The van der Waals surface area contributed by atoms with Crippen molar-refractivity contribution in [1.82, 2.24) is 19.5 Å². The second-order valence-electron chi connectivity index (χ2n) is 9.77. The van der Waals surface area contributed by atoms with Gasteiger partial charge >= 0.3 is 0 Å². The van der Waals surface area contributed by atoms with Crippen LogP contribution in [0, 0.1) is 24.9 Å². The number of pyridine rings is 2. The topological polar surface area (TPSA) is 56.7 Å². The quantitative estimate of drug-likeness (QED) is 0.170. The third-order valence-electron chi connectivity index (χ3n) is 6.93. The number of halogens is 1. The van der Waals surface area contributed by atoms with Gasteiger partial charge in [-0.3, -0.25) is 9.37 Å². The molecule has 7 heteroatoms. The van der Waals surface area contributed by atoms with Crippen molar-refractivity contribution in [2.45, 2.75) is 6.92 Å². The first kappa shape index (κ1) is 28.2. The summed E-state index contributed by atoms with van der Waals surface area (Å²) in [5.74, 6) is 0.244. The Morgan fingerprint density at radius 3 is 2.42 bits per heavy atom. The minimum absolute atomic E-state index is 0. The average molecular weight is 739 g/mol. The third-order valence-corrected chi connectivity index (χ3v) is 6.93. The molecule has 0 saturated carbocycles. The van der Waals surface area contributed by atoms with Crippen molar-refractivity contribution < 1.29 is 28.9 Å². The van der Waals surface area contributed by atoms with Crippen molar-refractivity contribution in [3.63, 3.8) is 0 Å². The molecule has 0 amide bonds. The first-order chi connectivity index (χ1) is 20.7. The number of fused-ring (bicyclic) bond motifs is 4. The summed E-state index contributed by atoms with van der Waals surface area (Å²) < 4.78 is 22.8. The summed E-state index contributed by atoms with van der Waals surface area (Å²) in [5.41, 5.74) is 7.08. The van der Waals surface area contributed by atoms with Gasteiger partial charge in [-0.15, -0.1) is 48.0 Å². The second-order valence-corrected chi connectivity index (χ2v) is 9.77. The predicted molar refractivity (Wildman–Crippen MR) is 164 cm³/mol. The summed E-state index contributed by atoms with van der Waals surface area (Å²) in [6.07, 6.45) is 3.61. The Balaban J connectivity index is 0.000000213. The van der Waals surface area contributed by atoms with Gasteiger partial charge in [-0.1, -0.05) is 54.1 Å². The molecule has 0 unspecified atom stereocenters. The molecule has 0 fully saturated rings. The minimum Gasteiger partial charge on any atom is -0.500 e. The number of aromatic nitrogens is 4. The van der Waals surface area contributed by atoms with E-state index < -0.39 is 0 Å². The molecule has 0 atom stereocenters. The maximum absolute atomic E-state index is 14.8. The molecule has 4 aromatic carbocycles. The SMILES string of the molecule is Cc1cnc2c(c1)nc(-c1[c-]cc(F)c3c1oc1ccccc13)n2-c1ccccc1.[Ir].[c-]1ccccc1-c1ccccn1. The number of furan rings is 1. The minimum atomic E-state index is -0.366. The van der Waals surface area contributed by atoms with Gasteiger partial charge < -0.3 is 14.0 Å². The number of para-hydroxylation sites is 2. The fraction of sp³-hybridized carbons (Fsp3) is 0.0278. The summed E-state index contributed by atoms with van der Waals surface area (Å²) in [5, 5.41) is 1.17. The van der Waals surface area contributed by atoms with Crippen LogP contribution in [-0.2, 0) is 20.1 Å². The number of nitrogens with zero attached hydrogens (tertiary/aromatic N) is 4. The number of aryl methyl sites for hydroxylation is 1. The Morgan fingerprint density at radius 2 is 1.63 bits per heavy atom. The molecule has 4 heterocycles. The van der Waals surface area contributed by atoms with Crippen molar-refractivity contribution in [1.29, 1.82) is 0 Å². The molecule has 0 aliphatic carbocycles. The number of hydrogen-bond acceptors (Lipinski definition) is 4. The van der Waals surface area contributed by atoms with Crippen molar-refractivity contribution in [2.75, 3.05) is 0 Å². The van der Waals surface area contributed by atoms with Crippen LogP contribution in [0.3, 0.4) is 0 Å². The Kier molecular flexibility index (Phi) is 7.92. The summed E-state index contributed by atoms with van der Waals surface area (Å²) in [6, 6.07) is 40.5. The zero-order valence-corrected chi connectivity index (χ0v) is 25.4. The summed E-state index contributed by atoms with van der Waals surface area (Å²) in [7, 11) is 0. The summed E-state index contributed by atoms with van der Waals surface area (Å²) in [4.78, 5) is 13.7. The van der Waals surface area contributed by atoms with E-state index in [-0.39, 0.29) is 25.9 Å². The molecule has 211 valence electrons. The van der Waals surface area contributed by atoms with Gasteiger partial charge in [0.2, 0.25) is 0 Å². The third kappa shape index (κ3) is 5.36. The van der Waals surface area contributed by atoms with Crippen LogP contribution < -0.4 is 0 Å². The first-order valence-electron chi connectivity index (χ1n) is 13.5. The predicted octanol–water partition coefficient (Wildman–Crippen LogP) is 8.78. The van der Waals surface area contributed by atoms with E-state index >= 15 is 0 Å². The van der Waals surface area contributed by atoms with Crippen LogP contribution in [-0.4, -0.2) is 19.5 Å². The van der Waals surface area contributed by atoms with Gasteiger partial charge in [0.15, 0.2) is 5.65 Å². The van der Waals surface area contributed by atoms with E-state index in [1.165, 1.54) is 6.07 Å². The monoisotopic (exact) mass is 739 g/mol. The molecule has 1 radical (unpaired) electrons. The zero-order valence-electron chi connectivity index (χ0n) is 23.0. The maximum atomic E-state index is 14.8. The molecule has 0 spiro atoms. The number of rotatable bonds is 3. The molecule has 5 nitrogen and oxygen atoms in total. The first-order valence-corrected chi connectivity index (χ1v) is 13.5. The van der Waals surface area contributed by atoms with Crippen LogP contribution in [0.5, 0.6) is 0 Å². The normalized spacial score (nSPS) is 10.8. The van der Waals surface area contributed by atoms with Crippen LogP contribution in [0.25, 0.3) is 61.4 Å². The molecule has 0 bridgehead atoms. The van der Waals surface area contributed by atoms with Crippen LogP contribution in [0.2, 0.25) is 0 Å². The van der Waals surface area contributed by atoms with E-state index in [0.717, 1.165) is 39.1 Å². The maximum Gasteiger partial charge on any atom is 0.155 e. The smallest absolute Gasteiger partial charge is 0.155 e. The Morgan fingerprint density at radius 1 is 0.837 bits per heavy atom. The Labute approximate surface area is 261 Å². The van der Waals surface area contributed by atoms with Crippen LogP contribution >= 0.6 is 0 Å². The van der Waals surface area contributed by atoms with Gasteiger partial charge in [0.1, 0.15) is 5.58 Å². The molecular weight excluding hydrogens is 716 g/mol. The molecule has 4 aromatic heterocycles. The molecule has 8 aromatic rings. The second kappa shape index (κ2) is 12.1. The zero-order chi connectivity index (χ0) is 28.5. The van der Waals surface area contributed by atoms with E-state index in [1.54, 1.807) is 6.20 Å². The van der Waals surface area contributed by atoms with E-state index in [4.69, 9.17) is 9.40 Å². The molecule has 8 rings (SSSR count). The Hall–Kier alpha value is -4.97. The van der Waals surface area contributed by atoms with Gasteiger partial charge in [0.25, 0.3) is 0 Å². The standard InChI is InChI=1S/C25H15FN3O.C11H8N.Ir/c1-15-13-20-25(27-14-15)29(16-7-3-2-4-8-16)24(28-20)18-11-12-19(26)22-17-9-5-6-10-21(17)30-23(18)22;1-2-6-10(7-3-1)11-8-4-5-9-12-11;/h2-10,12-14H,1H3;1-6,8-9H;/q2*-1;. The Bertz CT molecular complexity index is 2120. The summed E-state index contributed by atoms with van der Waals surface area (Å²) >= 11 is 0. The van der Waals surface area contributed by atoms with Gasteiger partial charge in [0.05, 0.1) is 16.9 Å². The van der Waals surface area contributed by atoms with Crippen LogP contribution in [0.15, 0.2) is 126 Å². The number of hydrogen-bond donors (Lipinski definition) is 0. The molecule has 0 aliphatic heterocycles. The fourth-order valence-electron chi connectivity index (χ4n) is 5.03. The van der Waals surface area contributed by atoms with Crippen molar-refractivity contribution in [3.05, 3.63) is 145 Å². The van der Waals surface area contributed by atoms with Gasteiger partial charge in [-0.25, -0.2) is 4.98 Å². The largest absolute Gasteiger partial charge is 0.500 e. The summed E-state index contributed by atoms with van der Waals surface area (Å²) in [6.45, 7) is 1.98. The van der Waals surface area contributed by atoms with E-state index in [9.17, 15) is 4.39 Å². The molecular formula is C36H23FIrN4O-2. The van der Waals surface area contributed by atoms with Crippen molar-refractivity contribution in [3.8, 4) is 28.3 Å². The molecule has 0 saturated heterocycles. The van der Waals surface area contributed by atoms with Crippen LogP contribution in [0.4, 0.5) is 4.39 Å². The average Bonchev–Trinajstić information content (AvgIpc) is 3.62. The molecule has 0 N–H and O–H groups in total. The molecule has 43 heavy (non-hydrogen) atoms. The molecule has 0 aliphatic rings.